The second kappa shape index (κ2) is 5.57. The number of nitrogens with zero attached hydrogens (tertiary/aromatic N) is 2. The smallest absolute Gasteiger partial charge is 0.292 e. The first-order valence-corrected chi connectivity index (χ1v) is 6.66. The lowest BCUT2D eigenvalue weighted by Gasteiger charge is -2.36. The van der Waals surface area contributed by atoms with Gasteiger partial charge in [0, 0.05) is 19.2 Å². The highest BCUT2D eigenvalue weighted by Gasteiger charge is 2.27. The van der Waals surface area contributed by atoms with Crippen molar-refractivity contribution in [3.05, 3.63) is 33.9 Å². The van der Waals surface area contributed by atoms with Crippen molar-refractivity contribution in [3.63, 3.8) is 0 Å². The van der Waals surface area contributed by atoms with E-state index in [-0.39, 0.29) is 17.2 Å². The largest absolute Gasteiger partial charge is 0.392 e. The Morgan fingerprint density at radius 2 is 2.16 bits per heavy atom. The third-order valence-corrected chi connectivity index (χ3v) is 4.09. The summed E-state index contributed by atoms with van der Waals surface area (Å²) in [5, 5.41) is 20.3. The van der Waals surface area contributed by atoms with E-state index in [4.69, 9.17) is 5.11 Å². The van der Waals surface area contributed by atoms with Gasteiger partial charge in [-0.3, -0.25) is 10.1 Å². The van der Waals surface area contributed by atoms with Gasteiger partial charge in [0.1, 0.15) is 5.69 Å². The van der Waals surface area contributed by atoms with Crippen molar-refractivity contribution in [1.82, 2.24) is 0 Å². The monoisotopic (exact) mass is 264 g/mol. The molecule has 1 N–H and O–H groups in total. The Hall–Kier alpha value is -1.62. The number of hydrogen-bond acceptors (Lipinski definition) is 4. The molecule has 2 atom stereocenters. The molecule has 104 valence electrons. The van der Waals surface area contributed by atoms with Gasteiger partial charge in [-0.05, 0) is 29.9 Å². The second-order valence-corrected chi connectivity index (χ2v) is 5.43. The number of nitro benzene ring substituents is 1. The van der Waals surface area contributed by atoms with Gasteiger partial charge in [0.15, 0.2) is 0 Å². The average Bonchev–Trinajstić information content (AvgIpc) is 2.41. The van der Waals surface area contributed by atoms with Crippen molar-refractivity contribution in [1.29, 1.82) is 0 Å². The zero-order valence-corrected chi connectivity index (χ0v) is 11.4. The van der Waals surface area contributed by atoms with E-state index in [9.17, 15) is 10.1 Å². The molecule has 1 aliphatic rings. The third kappa shape index (κ3) is 2.87. The molecule has 0 spiro atoms. The summed E-state index contributed by atoms with van der Waals surface area (Å²) in [7, 11) is 0. The van der Waals surface area contributed by atoms with Crippen LogP contribution in [0.2, 0.25) is 0 Å². The molecule has 0 aromatic heterocycles. The summed E-state index contributed by atoms with van der Waals surface area (Å²) in [4.78, 5) is 12.9. The summed E-state index contributed by atoms with van der Waals surface area (Å²) in [5.41, 5.74) is 1.34. The normalized spacial score (nSPS) is 23.4. The third-order valence-electron chi connectivity index (χ3n) is 4.09. The number of aliphatic hydroxyl groups excluding tert-OH is 1. The molecule has 5 heteroatoms. The molecular weight excluding hydrogens is 244 g/mol. The van der Waals surface area contributed by atoms with Crippen LogP contribution in [0.4, 0.5) is 11.4 Å². The molecular formula is C14H20N2O3. The van der Waals surface area contributed by atoms with Gasteiger partial charge in [0.05, 0.1) is 11.5 Å². The second-order valence-electron chi connectivity index (χ2n) is 5.43. The van der Waals surface area contributed by atoms with Gasteiger partial charge >= 0.3 is 0 Å². The Morgan fingerprint density at radius 3 is 2.74 bits per heavy atom. The molecule has 0 bridgehead atoms. The van der Waals surface area contributed by atoms with Crippen molar-refractivity contribution in [2.45, 2.75) is 26.9 Å². The number of nitro groups is 1. The van der Waals surface area contributed by atoms with Gasteiger partial charge in [0.2, 0.25) is 0 Å². The molecule has 1 aliphatic heterocycles. The molecule has 1 aromatic rings. The predicted octanol–water partition coefficient (Wildman–Crippen LogP) is 2.57. The van der Waals surface area contributed by atoms with Crippen LogP contribution < -0.4 is 4.90 Å². The van der Waals surface area contributed by atoms with E-state index in [2.05, 4.69) is 18.7 Å². The molecule has 2 rings (SSSR count). The Labute approximate surface area is 113 Å². The molecule has 19 heavy (non-hydrogen) atoms. The van der Waals surface area contributed by atoms with E-state index in [0.29, 0.717) is 23.1 Å². The number of benzene rings is 1. The van der Waals surface area contributed by atoms with E-state index in [1.54, 1.807) is 12.1 Å². The summed E-state index contributed by atoms with van der Waals surface area (Å²) in [6.07, 6.45) is 1.06. The summed E-state index contributed by atoms with van der Waals surface area (Å²) in [6, 6.07) is 4.98. The summed E-state index contributed by atoms with van der Waals surface area (Å²) in [6.45, 7) is 5.94. The highest BCUT2D eigenvalue weighted by atomic mass is 16.6. The maximum absolute atomic E-state index is 11.2. The van der Waals surface area contributed by atoms with E-state index in [1.165, 1.54) is 6.07 Å². The van der Waals surface area contributed by atoms with E-state index in [0.717, 1.165) is 19.5 Å². The molecule has 0 aliphatic carbocycles. The molecule has 0 radical (unpaired) electrons. The Morgan fingerprint density at radius 1 is 1.42 bits per heavy atom. The highest BCUT2D eigenvalue weighted by molar-refractivity contribution is 5.64. The molecule has 1 fully saturated rings. The zero-order chi connectivity index (χ0) is 14.0. The summed E-state index contributed by atoms with van der Waals surface area (Å²) >= 11 is 0. The van der Waals surface area contributed by atoms with Crippen LogP contribution in [0.1, 0.15) is 25.8 Å². The number of aliphatic hydroxyl groups is 1. The van der Waals surface area contributed by atoms with E-state index < -0.39 is 0 Å². The van der Waals surface area contributed by atoms with Crippen LogP contribution in [0.3, 0.4) is 0 Å². The van der Waals surface area contributed by atoms with Gasteiger partial charge in [-0.15, -0.1) is 0 Å². The average molecular weight is 264 g/mol. The predicted molar refractivity (Wildman–Crippen MR) is 74.2 cm³/mol. The van der Waals surface area contributed by atoms with Crippen molar-refractivity contribution in [3.8, 4) is 0 Å². The maximum atomic E-state index is 11.2. The molecule has 0 amide bonds. The fraction of sp³-hybridized carbons (Fsp3) is 0.571. The molecule has 1 heterocycles. The van der Waals surface area contributed by atoms with Crippen LogP contribution in [0.5, 0.6) is 0 Å². The molecule has 1 saturated heterocycles. The fourth-order valence-corrected chi connectivity index (χ4v) is 2.56. The fourth-order valence-electron chi connectivity index (χ4n) is 2.56. The Balaban J connectivity index is 2.31. The van der Waals surface area contributed by atoms with Crippen molar-refractivity contribution in [2.75, 3.05) is 18.0 Å². The standard InChI is InChI=1S/C14H20N2O3/c1-10-5-6-15(8-11(10)2)13-4-3-12(9-17)7-14(13)16(18)19/h3-4,7,10-11,17H,5-6,8-9H2,1-2H3. The summed E-state index contributed by atoms with van der Waals surface area (Å²) in [5.74, 6) is 1.19. The molecule has 0 saturated carbocycles. The SMILES string of the molecule is CC1CCN(c2ccc(CO)cc2[N+](=O)[O-])CC1C. The van der Waals surface area contributed by atoms with Gasteiger partial charge in [-0.2, -0.15) is 0 Å². The number of hydrogen-bond donors (Lipinski definition) is 1. The number of anilines is 1. The lowest BCUT2D eigenvalue weighted by molar-refractivity contribution is -0.384. The minimum Gasteiger partial charge on any atom is -0.392 e. The first-order chi connectivity index (χ1) is 9.02. The topological polar surface area (TPSA) is 66.6 Å². The first kappa shape index (κ1) is 13.8. The minimum atomic E-state index is -0.364. The van der Waals surface area contributed by atoms with Crippen molar-refractivity contribution in [2.24, 2.45) is 11.8 Å². The van der Waals surface area contributed by atoms with Gasteiger partial charge in [-0.25, -0.2) is 0 Å². The zero-order valence-electron chi connectivity index (χ0n) is 11.4. The first-order valence-electron chi connectivity index (χ1n) is 6.66. The van der Waals surface area contributed by atoms with Crippen LogP contribution in [0.15, 0.2) is 18.2 Å². The molecule has 2 unspecified atom stereocenters. The van der Waals surface area contributed by atoms with E-state index >= 15 is 0 Å². The Bertz CT molecular complexity index is 476. The Kier molecular flexibility index (Phi) is 4.04. The minimum absolute atomic E-state index is 0.0910. The number of piperidine rings is 1. The quantitative estimate of drug-likeness (QED) is 0.673. The van der Waals surface area contributed by atoms with Crippen LogP contribution >= 0.6 is 0 Å². The van der Waals surface area contributed by atoms with Crippen molar-refractivity contribution >= 4 is 11.4 Å². The van der Waals surface area contributed by atoms with Crippen LogP contribution in [-0.4, -0.2) is 23.1 Å². The van der Waals surface area contributed by atoms with E-state index in [1.807, 2.05) is 0 Å². The highest BCUT2D eigenvalue weighted by Crippen LogP contribution is 2.33. The summed E-state index contributed by atoms with van der Waals surface area (Å²) < 4.78 is 0. The van der Waals surface area contributed by atoms with Crippen LogP contribution in [0, 0.1) is 22.0 Å². The van der Waals surface area contributed by atoms with Gasteiger partial charge < -0.3 is 10.0 Å². The van der Waals surface area contributed by atoms with Crippen LogP contribution in [0.25, 0.3) is 0 Å². The van der Waals surface area contributed by atoms with Gasteiger partial charge in [0.25, 0.3) is 5.69 Å². The molecule has 1 aromatic carbocycles. The lowest BCUT2D eigenvalue weighted by atomic mass is 9.88. The maximum Gasteiger partial charge on any atom is 0.292 e. The van der Waals surface area contributed by atoms with Gasteiger partial charge in [-0.1, -0.05) is 19.9 Å². The van der Waals surface area contributed by atoms with Crippen LogP contribution in [-0.2, 0) is 6.61 Å². The number of rotatable bonds is 3. The molecule has 5 nitrogen and oxygen atoms in total. The van der Waals surface area contributed by atoms with Crippen molar-refractivity contribution < 1.29 is 10.0 Å². The lowest BCUT2D eigenvalue weighted by Crippen LogP contribution is -2.38.